The molecule has 3 N–H and O–H groups in total. The van der Waals surface area contributed by atoms with E-state index in [2.05, 4.69) is 10.1 Å². The van der Waals surface area contributed by atoms with Crippen LogP contribution in [0.2, 0.25) is 0 Å². The van der Waals surface area contributed by atoms with Crippen molar-refractivity contribution in [3.8, 4) is 0 Å². The third-order valence-corrected chi connectivity index (χ3v) is 4.00. The first-order valence-electron chi connectivity index (χ1n) is 7.32. The van der Waals surface area contributed by atoms with E-state index in [1.807, 2.05) is 0 Å². The number of rotatable bonds is 6. The minimum absolute atomic E-state index is 0.152. The average molecular weight is 340 g/mol. The van der Waals surface area contributed by atoms with E-state index in [1.165, 1.54) is 14.0 Å². The molecule has 0 radical (unpaired) electrons. The maximum Gasteiger partial charge on any atom is 0.326 e. The summed E-state index contributed by atoms with van der Waals surface area (Å²) in [5.41, 5.74) is 4.59. The van der Waals surface area contributed by atoms with Crippen molar-refractivity contribution in [1.29, 1.82) is 0 Å². The Balaban J connectivity index is 1.92. The molecule has 1 aromatic rings. The number of halogens is 2. The van der Waals surface area contributed by atoms with Gasteiger partial charge < -0.3 is 15.8 Å². The van der Waals surface area contributed by atoms with E-state index in [4.69, 9.17) is 5.73 Å². The molecule has 1 aromatic carbocycles. The molecule has 1 fully saturated rings. The van der Waals surface area contributed by atoms with Gasteiger partial charge in [-0.15, -0.1) is 0 Å². The zero-order valence-electron chi connectivity index (χ0n) is 13.3. The number of nitrogens with one attached hydrogen (secondary N) is 1. The van der Waals surface area contributed by atoms with Crippen LogP contribution in [0.15, 0.2) is 18.2 Å². The molecule has 0 aliphatic heterocycles. The molecule has 1 aliphatic rings. The number of esters is 1. The molecule has 130 valence electrons. The highest BCUT2D eigenvalue weighted by atomic mass is 19.1. The molecule has 1 aliphatic carbocycles. The minimum Gasteiger partial charge on any atom is -0.468 e. The van der Waals surface area contributed by atoms with E-state index in [1.54, 1.807) is 0 Å². The zero-order chi connectivity index (χ0) is 18.1. The molecule has 1 amide bonds. The van der Waals surface area contributed by atoms with Gasteiger partial charge in [0.15, 0.2) is 5.78 Å². The van der Waals surface area contributed by atoms with Gasteiger partial charge in [0.2, 0.25) is 5.91 Å². The lowest BCUT2D eigenvalue weighted by Gasteiger charge is -2.14. The Bertz CT molecular complexity index is 674. The van der Waals surface area contributed by atoms with Gasteiger partial charge in [-0.1, -0.05) is 0 Å². The standard InChI is InChI=1S/C16H18F2N2O4/c1-8(14(22)12-7-16(12,19)15(23)24-2)20-13(21)5-9-3-10(17)6-11(18)4-9/h3-4,6,8,12H,5,7,19H2,1-2H3,(H,20,21)/t8-,12?,16?/m0/s1. The predicted molar refractivity (Wildman–Crippen MR) is 79.7 cm³/mol. The third kappa shape index (κ3) is 3.76. The van der Waals surface area contributed by atoms with Crippen LogP contribution in [0.3, 0.4) is 0 Å². The van der Waals surface area contributed by atoms with Crippen molar-refractivity contribution in [2.45, 2.75) is 31.3 Å². The molecule has 3 atom stereocenters. The fourth-order valence-corrected chi connectivity index (χ4v) is 2.61. The number of nitrogens with two attached hydrogens (primary N) is 1. The molecular formula is C16H18F2N2O4. The van der Waals surface area contributed by atoms with Gasteiger partial charge in [0, 0.05) is 6.07 Å². The number of methoxy groups -OCH3 is 1. The fourth-order valence-electron chi connectivity index (χ4n) is 2.61. The van der Waals surface area contributed by atoms with Gasteiger partial charge in [0.1, 0.15) is 17.2 Å². The second-order valence-electron chi connectivity index (χ2n) is 5.93. The lowest BCUT2D eigenvalue weighted by molar-refractivity contribution is -0.144. The molecule has 0 heterocycles. The van der Waals surface area contributed by atoms with Crippen molar-refractivity contribution in [2.24, 2.45) is 11.7 Å². The van der Waals surface area contributed by atoms with Crippen LogP contribution in [-0.4, -0.2) is 36.4 Å². The van der Waals surface area contributed by atoms with Crippen LogP contribution in [0, 0.1) is 17.6 Å². The van der Waals surface area contributed by atoms with E-state index in [-0.39, 0.29) is 24.2 Å². The summed E-state index contributed by atoms with van der Waals surface area (Å²) >= 11 is 0. The van der Waals surface area contributed by atoms with Crippen molar-refractivity contribution in [3.63, 3.8) is 0 Å². The third-order valence-electron chi connectivity index (χ3n) is 4.00. The van der Waals surface area contributed by atoms with Crippen LogP contribution in [-0.2, 0) is 25.5 Å². The monoisotopic (exact) mass is 340 g/mol. The first-order chi connectivity index (χ1) is 11.2. The Morgan fingerprint density at radius 3 is 2.46 bits per heavy atom. The Morgan fingerprint density at radius 2 is 1.92 bits per heavy atom. The van der Waals surface area contributed by atoms with E-state index in [9.17, 15) is 23.2 Å². The topological polar surface area (TPSA) is 98.5 Å². The number of hydrogen-bond donors (Lipinski definition) is 2. The summed E-state index contributed by atoms with van der Waals surface area (Å²) in [5, 5.41) is 2.44. The second kappa shape index (κ2) is 6.64. The van der Waals surface area contributed by atoms with Gasteiger partial charge >= 0.3 is 5.97 Å². The largest absolute Gasteiger partial charge is 0.468 e. The van der Waals surface area contributed by atoms with Gasteiger partial charge in [-0.2, -0.15) is 0 Å². The zero-order valence-corrected chi connectivity index (χ0v) is 13.3. The Kier molecular flexibility index (Phi) is 4.98. The first-order valence-corrected chi connectivity index (χ1v) is 7.32. The van der Waals surface area contributed by atoms with Gasteiger partial charge in [0.05, 0.1) is 25.5 Å². The van der Waals surface area contributed by atoms with E-state index < -0.39 is 41.0 Å². The molecule has 0 aromatic heterocycles. The lowest BCUT2D eigenvalue weighted by Crippen LogP contribution is -2.44. The van der Waals surface area contributed by atoms with Gasteiger partial charge in [-0.25, -0.2) is 8.78 Å². The molecule has 0 saturated heterocycles. The Labute approximate surface area is 137 Å². The minimum atomic E-state index is -1.34. The van der Waals surface area contributed by atoms with Crippen molar-refractivity contribution >= 4 is 17.7 Å². The van der Waals surface area contributed by atoms with Gasteiger partial charge in [-0.3, -0.25) is 14.4 Å². The van der Waals surface area contributed by atoms with E-state index in [0.717, 1.165) is 12.1 Å². The maximum absolute atomic E-state index is 13.1. The molecule has 0 bridgehead atoms. The molecule has 8 heteroatoms. The van der Waals surface area contributed by atoms with E-state index in [0.29, 0.717) is 6.07 Å². The normalized spacial score (nSPS) is 23.3. The highest BCUT2D eigenvalue weighted by Crippen LogP contribution is 2.43. The number of Topliss-reactive ketones (excluding diaryl/α,β-unsaturated/α-hetero) is 1. The van der Waals surface area contributed by atoms with Crippen LogP contribution in [0.5, 0.6) is 0 Å². The average Bonchev–Trinajstić information content (AvgIpc) is 3.17. The number of amides is 1. The number of ketones is 1. The van der Waals surface area contributed by atoms with Gasteiger partial charge in [0.25, 0.3) is 0 Å². The second-order valence-corrected chi connectivity index (χ2v) is 5.93. The van der Waals surface area contributed by atoms with Crippen molar-refractivity contribution in [1.82, 2.24) is 5.32 Å². The molecule has 6 nitrogen and oxygen atoms in total. The number of carbonyl (C=O) groups excluding carboxylic acids is 3. The summed E-state index contributed by atoms with van der Waals surface area (Å²) in [6.45, 7) is 1.46. The first kappa shape index (κ1) is 18.0. The Morgan fingerprint density at radius 1 is 1.33 bits per heavy atom. The quantitative estimate of drug-likeness (QED) is 0.734. The number of hydrogen-bond acceptors (Lipinski definition) is 5. The van der Waals surface area contributed by atoms with Crippen LogP contribution < -0.4 is 11.1 Å². The van der Waals surface area contributed by atoms with Crippen molar-refractivity contribution in [2.75, 3.05) is 7.11 Å². The summed E-state index contributed by atoms with van der Waals surface area (Å²) in [7, 11) is 1.18. The molecule has 24 heavy (non-hydrogen) atoms. The highest BCUT2D eigenvalue weighted by molar-refractivity contribution is 6.00. The summed E-state index contributed by atoms with van der Waals surface area (Å²) in [5.74, 6) is -3.91. The number of carbonyl (C=O) groups is 3. The van der Waals surface area contributed by atoms with Gasteiger partial charge in [-0.05, 0) is 31.0 Å². The number of ether oxygens (including phenoxy) is 1. The van der Waals surface area contributed by atoms with Crippen LogP contribution in [0.1, 0.15) is 18.9 Å². The van der Waals surface area contributed by atoms with Crippen molar-refractivity contribution < 1.29 is 27.9 Å². The SMILES string of the molecule is COC(=O)C1(N)CC1C(=O)[C@H](C)NC(=O)Cc1cc(F)cc(F)c1. The van der Waals surface area contributed by atoms with Crippen molar-refractivity contribution in [3.05, 3.63) is 35.4 Å². The molecular weight excluding hydrogens is 322 g/mol. The van der Waals surface area contributed by atoms with Crippen LogP contribution in [0.4, 0.5) is 8.78 Å². The predicted octanol–water partition coefficient (Wildman–Crippen LogP) is 0.472. The molecule has 2 rings (SSSR count). The molecule has 2 unspecified atom stereocenters. The highest BCUT2D eigenvalue weighted by Gasteiger charge is 2.62. The van der Waals surface area contributed by atoms with Crippen LogP contribution >= 0.6 is 0 Å². The Hall–Kier alpha value is -2.35. The summed E-state index contributed by atoms with van der Waals surface area (Å²) in [4.78, 5) is 35.6. The smallest absolute Gasteiger partial charge is 0.326 e. The summed E-state index contributed by atoms with van der Waals surface area (Å²) in [6.07, 6.45) is -0.116. The van der Waals surface area contributed by atoms with Crippen LogP contribution in [0.25, 0.3) is 0 Å². The summed E-state index contributed by atoms with van der Waals surface area (Å²) < 4.78 is 30.7. The fraction of sp³-hybridized carbons (Fsp3) is 0.438. The maximum atomic E-state index is 13.1. The summed E-state index contributed by atoms with van der Waals surface area (Å²) in [6, 6.07) is 1.90. The molecule has 1 saturated carbocycles. The molecule has 0 spiro atoms. The van der Waals surface area contributed by atoms with E-state index >= 15 is 0 Å². The lowest BCUT2D eigenvalue weighted by atomic mass is 10.1. The number of benzene rings is 1.